The molecule has 1 aliphatic carbocycles. The van der Waals surface area contributed by atoms with Gasteiger partial charge in [0.25, 0.3) is 0 Å². The zero-order chi connectivity index (χ0) is 13.2. The van der Waals surface area contributed by atoms with Gasteiger partial charge in [-0.05, 0) is 30.7 Å². The van der Waals surface area contributed by atoms with Gasteiger partial charge in [0.1, 0.15) is 0 Å². The van der Waals surface area contributed by atoms with Gasteiger partial charge in [0.15, 0.2) is 0 Å². The molecule has 2 atom stereocenters. The third-order valence-corrected chi connectivity index (χ3v) is 5.62. The van der Waals surface area contributed by atoms with Crippen LogP contribution in [0.5, 0.6) is 0 Å². The van der Waals surface area contributed by atoms with Crippen molar-refractivity contribution in [1.29, 1.82) is 0 Å². The molecule has 2 unspecified atom stereocenters. The summed E-state index contributed by atoms with van der Waals surface area (Å²) in [6.07, 6.45) is 3.88. The van der Waals surface area contributed by atoms with Crippen molar-refractivity contribution >= 4 is 11.8 Å². The lowest BCUT2D eigenvalue weighted by molar-refractivity contribution is 0.208. The molecule has 1 saturated carbocycles. The molecule has 1 aliphatic rings. The summed E-state index contributed by atoms with van der Waals surface area (Å²) in [4.78, 5) is 0. The Kier molecular flexibility index (Phi) is 4.39. The molecule has 18 heavy (non-hydrogen) atoms. The molecule has 0 spiro atoms. The first kappa shape index (κ1) is 14.0. The van der Waals surface area contributed by atoms with E-state index in [1.807, 2.05) is 11.8 Å². The van der Waals surface area contributed by atoms with Gasteiger partial charge in [-0.25, -0.2) is 0 Å². The zero-order valence-corrected chi connectivity index (χ0v) is 12.6. The van der Waals surface area contributed by atoms with E-state index in [4.69, 9.17) is 5.73 Å². The monoisotopic (exact) mass is 263 g/mol. The summed E-state index contributed by atoms with van der Waals surface area (Å²) in [5, 5.41) is 0.620. The van der Waals surface area contributed by atoms with Gasteiger partial charge in [0.05, 0.1) is 0 Å². The third kappa shape index (κ3) is 3.30. The summed E-state index contributed by atoms with van der Waals surface area (Å²) in [7, 11) is 0. The summed E-state index contributed by atoms with van der Waals surface area (Å²) >= 11 is 2.04. The highest BCUT2D eigenvalue weighted by Crippen LogP contribution is 2.40. The zero-order valence-electron chi connectivity index (χ0n) is 11.8. The number of benzene rings is 1. The first-order chi connectivity index (χ1) is 8.49. The van der Waals surface area contributed by atoms with Crippen LogP contribution in [0.3, 0.4) is 0 Å². The predicted molar refractivity (Wildman–Crippen MR) is 81.9 cm³/mol. The smallest absolute Gasteiger partial charge is 0.0211 e. The molecule has 2 N–H and O–H groups in total. The molecular formula is C16H25NS. The molecule has 1 nitrogen and oxygen atoms in total. The lowest BCUT2D eigenvalue weighted by Crippen LogP contribution is -2.48. The van der Waals surface area contributed by atoms with E-state index in [1.54, 1.807) is 0 Å². The normalized spacial score (nSPS) is 27.1. The lowest BCUT2D eigenvalue weighted by Gasteiger charge is -2.41. The van der Waals surface area contributed by atoms with E-state index in [0.717, 1.165) is 5.75 Å². The number of hydrogen-bond acceptors (Lipinski definition) is 2. The van der Waals surface area contributed by atoms with Crippen LogP contribution in [0.15, 0.2) is 24.3 Å². The lowest BCUT2D eigenvalue weighted by atomic mass is 9.73. The van der Waals surface area contributed by atoms with Gasteiger partial charge in [-0.15, -0.1) is 0 Å². The van der Waals surface area contributed by atoms with Crippen molar-refractivity contribution in [2.24, 2.45) is 11.1 Å². The van der Waals surface area contributed by atoms with Crippen LogP contribution in [-0.4, -0.2) is 11.3 Å². The minimum absolute atomic E-state index is 0.308. The second kappa shape index (κ2) is 5.66. The van der Waals surface area contributed by atoms with Gasteiger partial charge in [-0.3, -0.25) is 0 Å². The van der Waals surface area contributed by atoms with Crippen molar-refractivity contribution in [3.05, 3.63) is 35.4 Å². The molecule has 0 radical (unpaired) electrons. The molecule has 2 heteroatoms. The van der Waals surface area contributed by atoms with Crippen LogP contribution in [0, 0.1) is 12.3 Å². The van der Waals surface area contributed by atoms with Crippen LogP contribution in [0.4, 0.5) is 0 Å². The number of aryl methyl sites for hydroxylation is 1. The molecule has 0 heterocycles. The molecule has 2 rings (SSSR count). The highest BCUT2D eigenvalue weighted by atomic mass is 32.2. The fourth-order valence-corrected chi connectivity index (χ4v) is 4.30. The van der Waals surface area contributed by atoms with Crippen LogP contribution >= 0.6 is 11.8 Å². The van der Waals surface area contributed by atoms with E-state index >= 15 is 0 Å². The third-order valence-electron chi connectivity index (χ3n) is 4.16. The number of rotatable bonds is 3. The fourth-order valence-electron chi connectivity index (χ4n) is 2.80. The highest BCUT2D eigenvalue weighted by Gasteiger charge is 2.36. The van der Waals surface area contributed by atoms with Crippen LogP contribution in [0.1, 0.15) is 44.2 Å². The second-order valence-corrected chi connectivity index (χ2v) is 7.47. The minimum atomic E-state index is 0.308. The molecule has 0 amide bonds. The Labute approximate surface area is 116 Å². The fraction of sp³-hybridized carbons (Fsp3) is 0.625. The van der Waals surface area contributed by atoms with Crippen molar-refractivity contribution in [3.63, 3.8) is 0 Å². The van der Waals surface area contributed by atoms with Gasteiger partial charge in [-0.2, -0.15) is 11.8 Å². The first-order valence-electron chi connectivity index (χ1n) is 6.92. The SMILES string of the molecule is Cc1cccc(CSC2CCCC(C)(C)C2N)c1. The van der Waals surface area contributed by atoms with E-state index in [1.165, 1.54) is 30.4 Å². The first-order valence-corrected chi connectivity index (χ1v) is 7.97. The molecule has 1 fully saturated rings. The Balaban J connectivity index is 1.94. The van der Waals surface area contributed by atoms with Crippen LogP contribution in [-0.2, 0) is 5.75 Å². The van der Waals surface area contributed by atoms with Crippen molar-refractivity contribution in [1.82, 2.24) is 0 Å². The molecule has 0 bridgehead atoms. The number of nitrogens with two attached hydrogens (primary N) is 1. The average molecular weight is 263 g/mol. The topological polar surface area (TPSA) is 26.0 Å². The minimum Gasteiger partial charge on any atom is -0.326 e. The predicted octanol–water partition coefficient (Wildman–Crippen LogP) is 4.13. The van der Waals surface area contributed by atoms with Crippen molar-refractivity contribution < 1.29 is 0 Å². The van der Waals surface area contributed by atoms with E-state index in [2.05, 4.69) is 45.0 Å². The van der Waals surface area contributed by atoms with E-state index < -0.39 is 0 Å². The summed E-state index contributed by atoms with van der Waals surface area (Å²) < 4.78 is 0. The van der Waals surface area contributed by atoms with Crippen molar-refractivity contribution in [2.75, 3.05) is 0 Å². The van der Waals surface area contributed by atoms with E-state index in [0.29, 0.717) is 16.7 Å². The van der Waals surface area contributed by atoms with Gasteiger partial charge in [0, 0.05) is 17.0 Å². The van der Waals surface area contributed by atoms with Crippen molar-refractivity contribution in [2.45, 2.75) is 57.1 Å². The average Bonchev–Trinajstić information content (AvgIpc) is 2.31. The second-order valence-electron chi connectivity index (χ2n) is 6.25. The highest BCUT2D eigenvalue weighted by molar-refractivity contribution is 7.99. The van der Waals surface area contributed by atoms with Crippen LogP contribution < -0.4 is 5.73 Å². The Morgan fingerprint density at radius 2 is 2.17 bits per heavy atom. The Morgan fingerprint density at radius 1 is 1.39 bits per heavy atom. The number of hydrogen-bond donors (Lipinski definition) is 1. The molecule has 0 aliphatic heterocycles. The molecule has 1 aromatic carbocycles. The summed E-state index contributed by atoms with van der Waals surface area (Å²) in [5.74, 6) is 1.09. The quantitative estimate of drug-likeness (QED) is 0.887. The molecule has 100 valence electrons. The molecule has 1 aromatic rings. The maximum absolute atomic E-state index is 6.43. The van der Waals surface area contributed by atoms with Gasteiger partial charge >= 0.3 is 0 Å². The van der Waals surface area contributed by atoms with Crippen LogP contribution in [0.2, 0.25) is 0 Å². The summed E-state index contributed by atoms with van der Waals surface area (Å²) in [6, 6.07) is 9.15. The Morgan fingerprint density at radius 3 is 2.89 bits per heavy atom. The van der Waals surface area contributed by atoms with Crippen molar-refractivity contribution in [3.8, 4) is 0 Å². The van der Waals surface area contributed by atoms with Crippen LogP contribution in [0.25, 0.3) is 0 Å². The standard InChI is InChI=1S/C16H25NS/c1-12-6-4-7-13(10-12)11-18-14-8-5-9-16(2,3)15(14)17/h4,6-7,10,14-15H,5,8-9,11,17H2,1-3H3. The van der Waals surface area contributed by atoms with E-state index in [-0.39, 0.29) is 0 Å². The summed E-state index contributed by atoms with van der Waals surface area (Å²) in [6.45, 7) is 6.79. The molecule has 0 saturated heterocycles. The molecular weight excluding hydrogens is 238 g/mol. The number of thioether (sulfide) groups is 1. The maximum Gasteiger partial charge on any atom is 0.0211 e. The van der Waals surface area contributed by atoms with Gasteiger partial charge in [-0.1, -0.05) is 50.1 Å². The summed E-state index contributed by atoms with van der Waals surface area (Å²) in [5.41, 5.74) is 9.51. The van der Waals surface area contributed by atoms with Gasteiger partial charge < -0.3 is 5.73 Å². The molecule has 0 aromatic heterocycles. The van der Waals surface area contributed by atoms with Gasteiger partial charge in [0.2, 0.25) is 0 Å². The van der Waals surface area contributed by atoms with E-state index in [9.17, 15) is 0 Å². The Hall–Kier alpha value is -0.470. The largest absolute Gasteiger partial charge is 0.326 e. The Bertz CT molecular complexity index is 400. The maximum atomic E-state index is 6.43.